The SMILES string of the molecule is COc1ccc(CN(C)C(=O)C(C)N2CCN(c3nccs3)CC2)cc1F. The van der Waals surface area contributed by atoms with Crippen LogP contribution in [0.1, 0.15) is 12.5 Å². The second-order valence-electron chi connectivity index (χ2n) is 6.68. The van der Waals surface area contributed by atoms with E-state index in [0.717, 1.165) is 36.9 Å². The number of likely N-dealkylation sites (N-methyl/N-ethyl adjacent to an activating group) is 1. The second kappa shape index (κ2) is 8.67. The van der Waals surface area contributed by atoms with Gasteiger partial charge in [-0.3, -0.25) is 9.69 Å². The Hall–Kier alpha value is -2.19. The van der Waals surface area contributed by atoms with E-state index < -0.39 is 5.82 Å². The summed E-state index contributed by atoms with van der Waals surface area (Å²) in [7, 11) is 3.19. The summed E-state index contributed by atoms with van der Waals surface area (Å²) in [6.45, 7) is 5.65. The Bertz CT molecular complexity index is 763. The number of thiazole rings is 1. The summed E-state index contributed by atoms with van der Waals surface area (Å²) in [5, 5.41) is 3.01. The first-order valence-corrected chi connectivity index (χ1v) is 9.83. The number of methoxy groups -OCH3 is 1. The number of aromatic nitrogens is 1. The molecule has 1 fully saturated rings. The highest BCUT2D eigenvalue weighted by Crippen LogP contribution is 2.21. The molecule has 0 spiro atoms. The normalized spacial score (nSPS) is 16.2. The summed E-state index contributed by atoms with van der Waals surface area (Å²) in [5.41, 5.74) is 0.741. The lowest BCUT2D eigenvalue weighted by Crippen LogP contribution is -2.54. The van der Waals surface area contributed by atoms with Crippen LogP contribution in [0, 0.1) is 5.82 Å². The monoisotopic (exact) mass is 392 g/mol. The molecule has 1 aromatic carbocycles. The predicted molar refractivity (Wildman–Crippen MR) is 105 cm³/mol. The smallest absolute Gasteiger partial charge is 0.239 e. The molecule has 8 heteroatoms. The van der Waals surface area contributed by atoms with Crippen molar-refractivity contribution < 1.29 is 13.9 Å². The van der Waals surface area contributed by atoms with Gasteiger partial charge >= 0.3 is 0 Å². The first kappa shape index (κ1) is 19.6. The minimum absolute atomic E-state index is 0.0360. The van der Waals surface area contributed by atoms with Crippen molar-refractivity contribution in [2.45, 2.75) is 19.5 Å². The van der Waals surface area contributed by atoms with Crippen LogP contribution in [0.25, 0.3) is 0 Å². The van der Waals surface area contributed by atoms with Crippen molar-refractivity contribution in [1.82, 2.24) is 14.8 Å². The quantitative estimate of drug-likeness (QED) is 0.756. The van der Waals surface area contributed by atoms with Gasteiger partial charge in [0.25, 0.3) is 0 Å². The minimum Gasteiger partial charge on any atom is -0.494 e. The largest absolute Gasteiger partial charge is 0.494 e. The fourth-order valence-corrected chi connectivity index (χ4v) is 4.00. The number of benzene rings is 1. The Morgan fingerprint density at radius 3 is 2.70 bits per heavy atom. The van der Waals surface area contributed by atoms with Gasteiger partial charge in [0.15, 0.2) is 16.7 Å². The average Bonchev–Trinajstić information content (AvgIpc) is 3.22. The van der Waals surface area contributed by atoms with E-state index in [2.05, 4.69) is 14.8 Å². The molecule has 0 aliphatic carbocycles. The Morgan fingerprint density at radius 2 is 2.11 bits per heavy atom. The van der Waals surface area contributed by atoms with Gasteiger partial charge in [0.05, 0.1) is 13.2 Å². The van der Waals surface area contributed by atoms with Crippen molar-refractivity contribution in [3.63, 3.8) is 0 Å². The van der Waals surface area contributed by atoms with Crippen molar-refractivity contribution >= 4 is 22.4 Å². The molecule has 0 bridgehead atoms. The lowest BCUT2D eigenvalue weighted by molar-refractivity contribution is -0.135. The number of ether oxygens (including phenoxy) is 1. The zero-order valence-corrected chi connectivity index (χ0v) is 16.7. The van der Waals surface area contributed by atoms with Crippen LogP contribution in [0.4, 0.5) is 9.52 Å². The van der Waals surface area contributed by atoms with Crippen LogP contribution in [-0.4, -0.2) is 67.1 Å². The molecule has 146 valence electrons. The van der Waals surface area contributed by atoms with Gasteiger partial charge in [0.1, 0.15) is 0 Å². The Kier molecular flexibility index (Phi) is 6.28. The third-order valence-corrected chi connectivity index (χ3v) is 5.75. The standard InChI is InChI=1S/C19H25FN4O2S/c1-14(23-7-9-24(10-8-23)19-21-6-11-27-19)18(25)22(2)13-15-4-5-17(26-3)16(20)12-15/h4-6,11-12,14H,7-10,13H2,1-3H3. The van der Waals surface area contributed by atoms with Crippen LogP contribution in [0.2, 0.25) is 0 Å². The highest BCUT2D eigenvalue weighted by atomic mass is 32.1. The van der Waals surface area contributed by atoms with Crippen molar-refractivity contribution in [1.29, 1.82) is 0 Å². The van der Waals surface area contributed by atoms with E-state index in [9.17, 15) is 9.18 Å². The van der Waals surface area contributed by atoms with E-state index >= 15 is 0 Å². The van der Waals surface area contributed by atoms with Gasteiger partial charge in [-0.05, 0) is 24.6 Å². The minimum atomic E-state index is -0.415. The fourth-order valence-electron chi connectivity index (χ4n) is 3.31. The van der Waals surface area contributed by atoms with Crippen molar-refractivity contribution in [2.24, 2.45) is 0 Å². The Morgan fingerprint density at radius 1 is 1.37 bits per heavy atom. The number of amides is 1. The molecule has 1 unspecified atom stereocenters. The van der Waals surface area contributed by atoms with Gasteiger partial charge in [-0.15, -0.1) is 11.3 Å². The van der Waals surface area contributed by atoms with Crippen LogP contribution in [0.15, 0.2) is 29.8 Å². The lowest BCUT2D eigenvalue weighted by atomic mass is 10.1. The van der Waals surface area contributed by atoms with Gasteiger partial charge in [0.2, 0.25) is 5.91 Å². The summed E-state index contributed by atoms with van der Waals surface area (Å²) >= 11 is 1.64. The molecule has 1 aliphatic heterocycles. The average molecular weight is 393 g/mol. The third-order valence-electron chi connectivity index (χ3n) is 4.92. The van der Waals surface area contributed by atoms with Gasteiger partial charge in [-0.25, -0.2) is 9.37 Å². The number of carbonyl (C=O) groups excluding carboxylic acids is 1. The summed E-state index contributed by atoms with van der Waals surface area (Å²) < 4.78 is 18.8. The van der Waals surface area contributed by atoms with E-state index in [4.69, 9.17) is 4.74 Å². The molecule has 2 aromatic rings. The number of piperazine rings is 1. The van der Waals surface area contributed by atoms with Crippen LogP contribution in [0.5, 0.6) is 5.75 Å². The van der Waals surface area contributed by atoms with Crippen LogP contribution in [-0.2, 0) is 11.3 Å². The third kappa shape index (κ3) is 4.56. The summed E-state index contributed by atoms with van der Waals surface area (Å²) in [6, 6.07) is 4.57. The lowest BCUT2D eigenvalue weighted by Gasteiger charge is -2.38. The Labute approximate surface area is 163 Å². The predicted octanol–water partition coefficient (Wildman–Crippen LogP) is 2.46. The molecule has 1 amide bonds. The highest BCUT2D eigenvalue weighted by molar-refractivity contribution is 7.13. The molecule has 27 heavy (non-hydrogen) atoms. The number of hydrogen-bond acceptors (Lipinski definition) is 6. The zero-order chi connectivity index (χ0) is 19.4. The first-order valence-electron chi connectivity index (χ1n) is 8.95. The van der Waals surface area contributed by atoms with Gasteiger partial charge < -0.3 is 14.5 Å². The van der Waals surface area contributed by atoms with Gasteiger partial charge in [-0.2, -0.15) is 0 Å². The number of rotatable bonds is 6. The maximum absolute atomic E-state index is 13.9. The molecular weight excluding hydrogens is 367 g/mol. The summed E-state index contributed by atoms with van der Waals surface area (Å²) in [6.07, 6.45) is 1.81. The Balaban J connectivity index is 1.54. The van der Waals surface area contributed by atoms with Crippen molar-refractivity contribution in [2.75, 3.05) is 45.2 Å². The highest BCUT2D eigenvalue weighted by Gasteiger charge is 2.28. The van der Waals surface area contributed by atoms with E-state index in [-0.39, 0.29) is 17.7 Å². The van der Waals surface area contributed by atoms with Crippen molar-refractivity contribution in [3.05, 3.63) is 41.2 Å². The molecule has 3 rings (SSSR count). The van der Waals surface area contributed by atoms with Gasteiger partial charge in [-0.1, -0.05) is 6.07 Å². The number of halogens is 1. The summed E-state index contributed by atoms with van der Waals surface area (Å²) in [5.74, 6) is -0.171. The molecule has 0 saturated carbocycles. The molecular formula is C19H25FN4O2S. The first-order chi connectivity index (χ1) is 13.0. The summed E-state index contributed by atoms with van der Waals surface area (Å²) in [4.78, 5) is 23.3. The number of anilines is 1. The topological polar surface area (TPSA) is 48.9 Å². The molecule has 1 atom stereocenters. The number of carbonyl (C=O) groups is 1. The molecule has 0 radical (unpaired) electrons. The van der Waals surface area contributed by atoms with Gasteiger partial charge in [0, 0.05) is 51.3 Å². The van der Waals surface area contributed by atoms with E-state index in [1.165, 1.54) is 13.2 Å². The molecule has 2 heterocycles. The second-order valence-corrected chi connectivity index (χ2v) is 7.55. The number of nitrogens with zero attached hydrogens (tertiary/aromatic N) is 4. The zero-order valence-electron chi connectivity index (χ0n) is 15.9. The molecule has 0 N–H and O–H groups in total. The van der Waals surface area contributed by atoms with E-state index in [0.29, 0.717) is 6.54 Å². The van der Waals surface area contributed by atoms with Crippen LogP contribution < -0.4 is 9.64 Å². The molecule has 1 aliphatic rings. The van der Waals surface area contributed by atoms with Crippen LogP contribution >= 0.6 is 11.3 Å². The maximum atomic E-state index is 13.9. The maximum Gasteiger partial charge on any atom is 0.239 e. The van der Waals surface area contributed by atoms with Crippen molar-refractivity contribution in [3.8, 4) is 5.75 Å². The number of hydrogen-bond donors (Lipinski definition) is 0. The molecule has 1 aromatic heterocycles. The molecule has 1 saturated heterocycles. The van der Waals surface area contributed by atoms with Crippen LogP contribution in [0.3, 0.4) is 0 Å². The molecule has 6 nitrogen and oxygen atoms in total. The fraction of sp³-hybridized carbons (Fsp3) is 0.474. The van der Waals surface area contributed by atoms with E-state index in [1.807, 2.05) is 18.5 Å². The van der Waals surface area contributed by atoms with E-state index in [1.54, 1.807) is 35.4 Å².